The summed E-state index contributed by atoms with van der Waals surface area (Å²) in [6.45, 7) is 0.231. The molecule has 0 atom stereocenters. The molecule has 0 fully saturated rings. The standard InChI is InChI=1S/C18H13F3N4O/c19-14-4-5-15(17(21)16(14)20)25-13-7-11(8-22-9-13)18(26)24-10-12-3-1-2-6-23-12/h1-9,25H,10H2,(H,24,26). The number of halogens is 3. The van der Waals surface area contributed by atoms with Crippen LogP contribution in [0.25, 0.3) is 0 Å². The number of hydrogen-bond donors (Lipinski definition) is 2. The summed E-state index contributed by atoms with van der Waals surface area (Å²) in [7, 11) is 0. The van der Waals surface area contributed by atoms with E-state index in [1.54, 1.807) is 24.4 Å². The second-order valence-corrected chi connectivity index (χ2v) is 5.31. The van der Waals surface area contributed by atoms with Gasteiger partial charge in [-0.25, -0.2) is 13.2 Å². The quantitative estimate of drug-likeness (QED) is 0.685. The van der Waals surface area contributed by atoms with E-state index >= 15 is 0 Å². The summed E-state index contributed by atoms with van der Waals surface area (Å²) < 4.78 is 40.0. The van der Waals surface area contributed by atoms with E-state index in [4.69, 9.17) is 0 Å². The monoisotopic (exact) mass is 358 g/mol. The molecule has 0 aliphatic carbocycles. The number of nitrogens with zero attached hydrogens (tertiary/aromatic N) is 2. The summed E-state index contributed by atoms with van der Waals surface area (Å²) in [5.74, 6) is -4.62. The Labute approximate surface area is 146 Å². The molecule has 132 valence electrons. The highest BCUT2D eigenvalue weighted by atomic mass is 19.2. The second-order valence-electron chi connectivity index (χ2n) is 5.31. The van der Waals surface area contributed by atoms with Gasteiger partial charge in [0.1, 0.15) is 0 Å². The average molecular weight is 358 g/mol. The number of pyridine rings is 2. The molecule has 26 heavy (non-hydrogen) atoms. The van der Waals surface area contributed by atoms with Crippen LogP contribution in [0.2, 0.25) is 0 Å². The molecule has 2 aromatic heterocycles. The lowest BCUT2D eigenvalue weighted by Gasteiger charge is -2.10. The molecule has 0 saturated heterocycles. The molecule has 0 saturated carbocycles. The van der Waals surface area contributed by atoms with Crippen molar-refractivity contribution < 1.29 is 18.0 Å². The first-order chi connectivity index (χ1) is 12.5. The van der Waals surface area contributed by atoms with E-state index in [0.29, 0.717) is 5.69 Å². The number of carbonyl (C=O) groups is 1. The summed E-state index contributed by atoms with van der Waals surface area (Å²) >= 11 is 0. The topological polar surface area (TPSA) is 66.9 Å². The van der Waals surface area contributed by atoms with E-state index in [0.717, 1.165) is 12.1 Å². The smallest absolute Gasteiger partial charge is 0.253 e. The minimum absolute atomic E-state index is 0.217. The van der Waals surface area contributed by atoms with Gasteiger partial charge in [-0.2, -0.15) is 0 Å². The molecule has 1 aromatic carbocycles. The molecule has 0 aliphatic heterocycles. The zero-order valence-corrected chi connectivity index (χ0v) is 13.3. The van der Waals surface area contributed by atoms with E-state index in [1.165, 1.54) is 18.5 Å². The molecule has 0 bridgehead atoms. The van der Waals surface area contributed by atoms with Gasteiger partial charge in [-0.15, -0.1) is 0 Å². The lowest BCUT2D eigenvalue weighted by Crippen LogP contribution is -2.23. The van der Waals surface area contributed by atoms with Crippen molar-refractivity contribution in [1.29, 1.82) is 0 Å². The third kappa shape index (κ3) is 3.97. The van der Waals surface area contributed by atoms with E-state index in [1.807, 2.05) is 0 Å². The number of aromatic nitrogens is 2. The number of benzene rings is 1. The summed E-state index contributed by atoms with van der Waals surface area (Å²) in [4.78, 5) is 20.2. The van der Waals surface area contributed by atoms with Crippen molar-refractivity contribution in [3.8, 4) is 0 Å². The predicted molar refractivity (Wildman–Crippen MR) is 89.2 cm³/mol. The largest absolute Gasteiger partial charge is 0.352 e. The Bertz CT molecular complexity index is 935. The Balaban J connectivity index is 1.72. The molecule has 0 unspecified atom stereocenters. The van der Waals surface area contributed by atoms with Crippen LogP contribution in [0.15, 0.2) is 55.0 Å². The Morgan fingerprint density at radius 1 is 1.04 bits per heavy atom. The first-order valence-corrected chi connectivity index (χ1v) is 7.58. The molecular weight excluding hydrogens is 345 g/mol. The Hall–Kier alpha value is -3.42. The van der Waals surface area contributed by atoms with Gasteiger partial charge in [-0.1, -0.05) is 6.07 Å². The second kappa shape index (κ2) is 7.64. The number of anilines is 2. The normalized spacial score (nSPS) is 10.4. The van der Waals surface area contributed by atoms with E-state index in [-0.39, 0.29) is 23.5 Å². The Kier molecular flexibility index (Phi) is 5.12. The highest BCUT2D eigenvalue weighted by Crippen LogP contribution is 2.23. The molecule has 3 rings (SSSR count). The molecule has 0 spiro atoms. The molecule has 1 amide bonds. The van der Waals surface area contributed by atoms with E-state index in [9.17, 15) is 18.0 Å². The van der Waals surface area contributed by atoms with Crippen molar-refractivity contribution >= 4 is 17.3 Å². The van der Waals surface area contributed by atoms with Crippen molar-refractivity contribution in [2.45, 2.75) is 6.54 Å². The van der Waals surface area contributed by atoms with Crippen LogP contribution in [-0.4, -0.2) is 15.9 Å². The number of amides is 1. The summed E-state index contributed by atoms with van der Waals surface area (Å²) in [6.07, 6.45) is 4.28. The zero-order valence-electron chi connectivity index (χ0n) is 13.3. The molecule has 5 nitrogen and oxygen atoms in total. The fourth-order valence-electron chi connectivity index (χ4n) is 2.19. The molecule has 3 aromatic rings. The van der Waals surface area contributed by atoms with Gasteiger partial charge in [-0.3, -0.25) is 14.8 Å². The molecule has 0 radical (unpaired) electrons. The average Bonchev–Trinajstić information content (AvgIpc) is 2.67. The summed E-state index contributed by atoms with van der Waals surface area (Å²) in [6, 6.07) is 8.61. The SMILES string of the molecule is O=C(NCc1ccccn1)c1cncc(Nc2ccc(F)c(F)c2F)c1. The minimum Gasteiger partial charge on any atom is -0.352 e. The van der Waals surface area contributed by atoms with Crippen molar-refractivity contribution in [3.05, 3.63) is 83.7 Å². The maximum atomic E-state index is 13.7. The number of nitrogens with one attached hydrogen (secondary N) is 2. The van der Waals surface area contributed by atoms with Gasteiger partial charge >= 0.3 is 0 Å². The highest BCUT2D eigenvalue weighted by molar-refractivity contribution is 5.94. The first-order valence-electron chi connectivity index (χ1n) is 7.58. The van der Waals surface area contributed by atoms with Gasteiger partial charge in [-0.05, 0) is 30.3 Å². The third-order valence-electron chi connectivity index (χ3n) is 3.47. The molecule has 2 N–H and O–H groups in total. The van der Waals surface area contributed by atoms with Gasteiger partial charge in [0.15, 0.2) is 17.5 Å². The van der Waals surface area contributed by atoms with Gasteiger partial charge in [0.2, 0.25) is 0 Å². The zero-order chi connectivity index (χ0) is 18.5. The number of carbonyl (C=O) groups excluding carboxylic acids is 1. The lowest BCUT2D eigenvalue weighted by molar-refractivity contribution is 0.0950. The Morgan fingerprint density at radius 3 is 2.65 bits per heavy atom. The predicted octanol–water partition coefficient (Wildman–Crippen LogP) is 3.57. The maximum absolute atomic E-state index is 13.7. The summed E-state index contributed by atoms with van der Waals surface area (Å²) in [5.41, 5.74) is 0.887. The minimum atomic E-state index is -1.58. The van der Waals surface area contributed by atoms with E-state index in [2.05, 4.69) is 20.6 Å². The molecule has 0 aliphatic rings. The molecule has 2 heterocycles. The van der Waals surface area contributed by atoms with E-state index < -0.39 is 23.4 Å². The van der Waals surface area contributed by atoms with Gasteiger partial charge in [0.25, 0.3) is 5.91 Å². The molecule has 8 heteroatoms. The van der Waals surface area contributed by atoms with Crippen molar-refractivity contribution in [2.24, 2.45) is 0 Å². The van der Waals surface area contributed by atoms with Gasteiger partial charge in [0, 0.05) is 12.4 Å². The highest BCUT2D eigenvalue weighted by Gasteiger charge is 2.14. The third-order valence-corrected chi connectivity index (χ3v) is 3.47. The van der Waals surface area contributed by atoms with Crippen LogP contribution < -0.4 is 10.6 Å². The fraction of sp³-hybridized carbons (Fsp3) is 0.0556. The maximum Gasteiger partial charge on any atom is 0.253 e. The van der Waals surface area contributed by atoms with Crippen LogP contribution in [-0.2, 0) is 6.54 Å². The van der Waals surface area contributed by atoms with Crippen LogP contribution in [0.5, 0.6) is 0 Å². The van der Waals surface area contributed by atoms with Crippen LogP contribution in [0.3, 0.4) is 0 Å². The van der Waals surface area contributed by atoms with Crippen LogP contribution in [0, 0.1) is 17.5 Å². The molecular formula is C18H13F3N4O. The van der Waals surface area contributed by atoms with Crippen molar-refractivity contribution in [1.82, 2.24) is 15.3 Å². The van der Waals surface area contributed by atoms with Crippen LogP contribution in [0.1, 0.15) is 16.1 Å². The van der Waals surface area contributed by atoms with Crippen molar-refractivity contribution in [2.75, 3.05) is 5.32 Å². The van der Waals surface area contributed by atoms with Crippen LogP contribution in [0.4, 0.5) is 24.5 Å². The van der Waals surface area contributed by atoms with Crippen molar-refractivity contribution in [3.63, 3.8) is 0 Å². The summed E-state index contributed by atoms with van der Waals surface area (Å²) in [5, 5.41) is 5.25. The lowest BCUT2D eigenvalue weighted by atomic mass is 10.2. The Morgan fingerprint density at radius 2 is 1.88 bits per heavy atom. The van der Waals surface area contributed by atoms with Crippen LogP contribution >= 0.6 is 0 Å². The first kappa shape index (κ1) is 17.4. The fourth-order valence-corrected chi connectivity index (χ4v) is 2.19. The van der Waals surface area contributed by atoms with Gasteiger partial charge in [0.05, 0.1) is 35.4 Å². The number of rotatable bonds is 5. The number of hydrogen-bond acceptors (Lipinski definition) is 4. The van der Waals surface area contributed by atoms with Gasteiger partial charge < -0.3 is 10.6 Å².